The van der Waals surface area contributed by atoms with Crippen molar-refractivity contribution in [3.8, 4) is 10.4 Å². The van der Waals surface area contributed by atoms with Crippen molar-refractivity contribution < 1.29 is 59.1 Å². The molecule has 0 radical (unpaired) electrons. The molecule has 4 aliphatic rings. The van der Waals surface area contributed by atoms with Gasteiger partial charge in [-0.15, -0.1) is 23.1 Å². The highest BCUT2D eigenvalue weighted by molar-refractivity contribution is 7.99. The molecule has 10 rings (SSSR count). The second kappa shape index (κ2) is 35.3. The van der Waals surface area contributed by atoms with E-state index in [-0.39, 0.29) is 54.4 Å². The summed E-state index contributed by atoms with van der Waals surface area (Å²) in [5, 5.41) is 20.4. The summed E-state index contributed by atoms with van der Waals surface area (Å²) in [7, 11) is -11.1. The first kappa shape index (κ1) is 81.2. The van der Waals surface area contributed by atoms with Crippen LogP contribution in [0.15, 0.2) is 147 Å². The Morgan fingerprint density at radius 1 is 0.792 bits per heavy atom. The number of hydrogen-bond donors (Lipinski definition) is 5. The first-order chi connectivity index (χ1) is 50.2. The van der Waals surface area contributed by atoms with Crippen LogP contribution in [0.1, 0.15) is 145 Å². The third-order valence-corrected chi connectivity index (χ3v) is 25.6. The molecule has 3 fully saturated rings. The molecule has 3 aliphatic heterocycles. The van der Waals surface area contributed by atoms with Crippen molar-refractivity contribution in [3.63, 3.8) is 0 Å². The number of anilines is 2. The number of piperazine rings is 1. The normalized spacial score (nSPS) is 18.7. The molecule has 20 nitrogen and oxygen atoms in total. The smallest absolute Gasteiger partial charge is 0.391 e. The molecule has 5 atom stereocenters. The van der Waals surface area contributed by atoms with Gasteiger partial charge in [0, 0.05) is 124 Å². The summed E-state index contributed by atoms with van der Waals surface area (Å²) in [5.74, 6) is -2.10. The van der Waals surface area contributed by atoms with Crippen LogP contribution in [-0.4, -0.2) is 184 Å². The summed E-state index contributed by atoms with van der Waals surface area (Å²) in [6.07, 6.45) is 5.21. The Kier molecular flexibility index (Phi) is 27.0. The molecule has 1 aromatic heterocycles. The van der Waals surface area contributed by atoms with E-state index < -0.39 is 94.3 Å². The number of likely N-dealkylation sites (tertiary alicyclic amines) is 1. The number of benzene rings is 5. The maximum atomic E-state index is 14.6. The Bertz CT molecular complexity index is 4330. The molecular weight excluding hydrogens is 1460 g/mol. The summed E-state index contributed by atoms with van der Waals surface area (Å²) in [4.78, 5) is 82.8. The molecule has 5 N–H and O–H groups in total. The predicted octanol–water partition coefficient (Wildman–Crippen LogP) is 12.8. The van der Waals surface area contributed by atoms with Crippen molar-refractivity contribution in [3.05, 3.63) is 160 Å². The molecule has 572 valence electrons. The third-order valence-electron chi connectivity index (χ3n) is 20.4. The number of β-amino-alcohol motifs (C(OH)–C–C–N with tert-alkyl or cyclic N) is 1. The quantitative estimate of drug-likeness (QED) is 0.0226. The van der Waals surface area contributed by atoms with Crippen LogP contribution in [0.2, 0.25) is 5.02 Å². The Hall–Kier alpha value is -7.37. The highest BCUT2D eigenvalue weighted by atomic mass is 35.5. The van der Waals surface area contributed by atoms with E-state index in [0.29, 0.717) is 76.0 Å². The van der Waals surface area contributed by atoms with Gasteiger partial charge in [-0.2, -0.15) is 13.2 Å². The monoisotopic (exact) mass is 1550 g/mol. The standard InChI is InChI=1S/C78H98ClF3N10O10S4/c1-52(54-19-21-56(22-20-54)71-53(2)83-51-104-71)84-74(97)67-45-62(93)49-92(67)75(98)72(76(3,4)5)86-69(94)17-12-9-13-18-70(95)91-43-39-88(40-44-91)38-34-60(50-103-63-15-10-8-11-16-63)85-66-32-31-64(46-68(66)105(99,100)78(80,81)82)106(101,102)87-73(96)57-25-29-61(30-26-57)90-37-14-36-89(41-42-90)48-58-47-77(6,7)35-33-65(58)55-23-27-59(79)28-24-55/h8,10-11,15-16,19-32,46,51-52,60,62,67,72,85,93H,9,12-14,17-18,33-45,47-50H2,1-7H3,(H,84,97)(H,86,94)(H,87,96)/t52-,60+,62+,67-,72+/m0/s1. The van der Waals surface area contributed by atoms with Crippen molar-refractivity contribution in [2.24, 2.45) is 10.8 Å². The number of carbonyl (C=O) groups excluding carboxylic acids is 5. The molecule has 0 bridgehead atoms. The number of thioether (sulfide) groups is 1. The van der Waals surface area contributed by atoms with E-state index in [1.54, 1.807) is 33.9 Å². The average Bonchev–Trinajstić information content (AvgIpc) is 0.959. The van der Waals surface area contributed by atoms with Crippen molar-refractivity contribution >= 4 is 101 Å². The zero-order chi connectivity index (χ0) is 76.3. The lowest BCUT2D eigenvalue weighted by atomic mass is 9.73. The molecule has 5 aromatic carbocycles. The fourth-order valence-corrected chi connectivity index (χ4v) is 18.2. The van der Waals surface area contributed by atoms with Gasteiger partial charge in [0.25, 0.3) is 25.8 Å². The zero-order valence-corrected chi connectivity index (χ0v) is 65.2. The van der Waals surface area contributed by atoms with Crippen molar-refractivity contribution in [2.45, 2.75) is 170 Å². The van der Waals surface area contributed by atoms with Gasteiger partial charge in [0.1, 0.15) is 17.0 Å². The Balaban J connectivity index is 0.694. The van der Waals surface area contributed by atoms with Gasteiger partial charge < -0.3 is 35.8 Å². The number of unbranched alkanes of at least 4 members (excludes halogenated alkanes) is 2. The summed E-state index contributed by atoms with van der Waals surface area (Å²) >= 11 is 9.19. The number of sulfone groups is 1. The second-order valence-electron chi connectivity index (χ2n) is 30.1. The maximum Gasteiger partial charge on any atom is 0.501 e. The number of aliphatic hydroxyl groups excluding tert-OH is 1. The lowest BCUT2D eigenvalue weighted by Gasteiger charge is -2.36. The van der Waals surface area contributed by atoms with Gasteiger partial charge in [-0.25, -0.2) is 26.5 Å². The van der Waals surface area contributed by atoms with Gasteiger partial charge >= 0.3 is 5.51 Å². The number of nitrogens with one attached hydrogen (secondary N) is 4. The van der Waals surface area contributed by atoms with E-state index in [4.69, 9.17) is 11.6 Å². The van der Waals surface area contributed by atoms with Crippen LogP contribution in [0.3, 0.4) is 0 Å². The Morgan fingerprint density at radius 3 is 2.14 bits per heavy atom. The highest BCUT2D eigenvalue weighted by Gasteiger charge is 2.49. The van der Waals surface area contributed by atoms with Gasteiger partial charge in [0.05, 0.1) is 38.8 Å². The molecule has 1 aliphatic carbocycles. The summed E-state index contributed by atoms with van der Waals surface area (Å²) < 4.78 is 101. The van der Waals surface area contributed by atoms with E-state index in [9.17, 15) is 59.1 Å². The zero-order valence-electron chi connectivity index (χ0n) is 61.2. The van der Waals surface area contributed by atoms with Gasteiger partial charge in [-0.05, 0) is 159 Å². The number of nitrogens with zero attached hydrogens (tertiary/aromatic N) is 6. The number of alkyl halides is 3. The first-order valence-electron chi connectivity index (χ1n) is 36.3. The van der Waals surface area contributed by atoms with Crippen LogP contribution in [0.4, 0.5) is 24.5 Å². The van der Waals surface area contributed by atoms with Crippen LogP contribution in [0.5, 0.6) is 0 Å². The number of aryl methyl sites for hydroxylation is 1. The maximum absolute atomic E-state index is 14.6. The molecule has 0 unspecified atom stereocenters. The fraction of sp³-hybridized carbons (Fsp3) is 0.487. The van der Waals surface area contributed by atoms with Crippen LogP contribution in [0, 0.1) is 17.8 Å². The molecule has 3 saturated heterocycles. The molecular formula is C78H98ClF3N10O10S4. The number of carbonyl (C=O) groups is 5. The van der Waals surface area contributed by atoms with Gasteiger partial charge in [0.2, 0.25) is 23.6 Å². The Morgan fingerprint density at radius 2 is 1.47 bits per heavy atom. The summed E-state index contributed by atoms with van der Waals surface area (Å²) in [6.45, 7) is 19.9. The number of amides is 5. The SMILES string of the molecule is Cc1ncsc1-c1ccc([C@H](C)NC(=O)[C@@H]2C[C@@H](O)CN2C(=O)[C@@H](NC(=O)CCCCCC(=O)N2CCN(CC[C@H](CSc3ccccc3)Nc3ccc(S(=O)(=O)NC(=O)c4ccc(N5CCCN(CC6=C(c7ccc(Cl)cc7)CCC(C)(C)C6)CC5)cc4)cc3S(=O)(=O)C(F)(F)F)CC2)C(C)(C)C)cc1. The largest absolute Gasteiger partial charge is 0.501 e. The van der Waals surface area contributed by atoms with E-state index in [1.807, 2.05) is 106 Å². The van der Waals surface area contributed by atoms with Gasteiger partial charge in [-0.1, -0.05) is 113 Å². The number of aromatic nitrogens is 1. The lowest BCUT2D eigenvalue weighted by molar-refractivity contribution is -0.144. The minimum absolute atomic E-state index is 0.0396. The van der Waals surface area contributed by atoms with E-state index >= 15 is 0 Å². The highest BCUT2D eigenvalue weighted by Crippen LogP contribution is 2.44. The molecule has 4 heterocycles. The second-order valence-corrected chi connectivity index (χ2v) is 36.0. The summed E-state index contributed by atoms with van der Waals surface area (Å²) in [5.41, 5.74) is 2.52. The number of allylic oxidation sites excluding steroid dienone is 1. The molecule has 6 aromatic rings. The van der Waals surface area contributed by atoms with Crippen LogP contribution in [-0.2, 0) is 39.0 Å². The van der Waals surface area contributed by atoms with E-state index in [2.05, 4.69) is 61.6 Å². The van der Waals surface area contributed by atoms with Crippen molar-refractivity contribution in [1.29, 1.82) is 0 Å². The van der Waals surface area contributed by atoms with Crippen molar-refractivity contribution in [1.82, 2.24) is 39.9 Å². The summed E-state index contributed by atoms with van der Waals surface area (Å²) in [6, 6.07) is 30.8. The number of thiazole rings is 1. The fourth-order valence-electron chi connectivity index (χ4n) is 14.3. The average molecular weight is 1560 g/mol. The number of sulfonamides is 1. The molecule has 5 amide bonds. The molecule has 0 saturated carbocycles. The number of hydrogen-bond acceptors (Lipinski definition) is 17. The van der Waals surface area contributed by atoms with Gasteiger partial charge in [-0.3, -0.25) is 33.8 Å². The lowest BCUT2D eigenvalue weighted by Crippen LogP contribution is -2.57. The Labute approximate surface area is 634 Å². The first-order valence-corrected chi connectivity index (χ1v) is 41.5. The van der Waals surface area contributed by atoms with Crippen molar-refractivity contribution in [2.75, 3.05) is 88.0 Å². The number of rotatable bonds is 28. The van der Waals surface area contributed by atoms with Gasteiger partial charge in [0.15, 0.2) is 0 Å². The number of aliphatic hydroxyl groups is 1. The van der Waals surface area contributed by atoms with Crippen LogP contribution in [0.25, 0.3) is 16.0 Å². The topological polar surface area (TPSA) is 251 Å². The minimum Gasteiger partial charge on any atom is -0.391 e. The van der Waals surface area contributed by atoms with Crippen LogP contribution >= 0.6 is 34.7 Å². The number of halogens is 4. The van der Waals surface area contributed by atoms with E-state index in [0.717, 1.165) is 96.3 Å². The predicted molar refractivity (Wildman–Crippen MR) is 412 cm³/mol. The molecule has 106 heavy (non-hydrogen) atoms. The van der Waals surface area contributed by atoms with Crippen LogP contribution < -0.4 is 25.6 Å². The molecule has 28 heteroatoms. The molecule has 0 spiro atoms. The minimum atomic E-state index is -6.19. The van der Waals surface area contributed by atoms with E-state index in [1.165, 1.54) is 45.5 Å². The third kappa shape index (κ3) is 21.3.